The number of carbonyl (C=O) groups is 3. The molecular weight excluding hydrogens is 816 g/mol. The lowest BCUT2D eigenvalue weighted by Gasteiger charge is -2.46. The molecule has 11 nitrogen and oxygen atoms in total. The van der Waals surface area contributed by atoms with Crippen molar-refractivity contribution in [2.45, 2.75) is 96.0 Å². The van der Waals surface area contributed by atoms with Gasteiger partial charge in [0.15, 0.2) is 11.6 Å². The highest BCUT2D eigenvalue weighted by atomic mass is 19.4. The highest BCUT2D eigenvalue weighted by Crippen LogP contribution is 2.38. The molecule has 0 aliphatic carbocycles. The number of imidazole rings is 1. The first kappa shape index (κ1) is 49.3. The van der Waals surface area contributed by atoms with E-state index in [2.05, 4.69) is 52.8 Å². The molecule has 5 N–H and O–H groups in total. The van der Waals surface area contributed by atoms with E-state index in [-0.39, 0.29) is 0 Å². The monoisotopic (exact) mass is 856 g/mol. The number of aryl methyl sites for hydroxylation is 1. The average Bonchev–Trinajstić information content (AvgIpc) is 3.54. The van der Waals surface area contributed by atoms with Crippen molar-refractivity contribution >= 4 is 28.9 Å². The number of H-pyrrole nitrogens is 1. The maximum absolute atomic E-state index is 14.3. The first-order chi connectivity index (χ1) is 26.6. The predicted octanol–water partition coefficient (Wildman–Crippen LogP) is 8.52. The maximum Gasteiger partial charge on any atom is 0.490 e. The molecule has 5 rings (SSSR count). The van der Waals surface area contributed by atoms with E-state index in [1.165, 1.54) is 37.0 Å². The van der Waals surface area contributed by atoms with Gasteiger partial charge in [-0.1, -0.05) is 19.9 Å². The summed E-state index contributed by atoms with van der Waals surface area (Å²) in [7, 11) is 0. The van der Waals surface area contributed by atoms with Crippen LogP contribution in [-0.2, 0) is 14.4 Å². The first-order valence-electron chi connectivity index (χ1n) is 17.2. The van der Waals surface area contributed by atoms with Gasteiger partial charge in [-0.05, 0) is 106 Å². The lowest BCUT2D eigenvalue weighted by molar-refractivity contribution is -0.193. The summed E-state index contributed by atoms with van der Waals surface area (Å²) in [6.07, 6.45) is -9.27. The van der Waals surface area contributed by atoms with Crippen LogP contribution in [0.15, 0.2) is 30.3 Å². The van der Waals surface area contributed by atoms with E-state index in [1.807, 2.05) is 0 Å². The van der Waals surface area contributed by atoms with Crippen molar-refractivity contribution in [2.24, 2.45) is 5.92 Å². The van der Waals surface area contributed by atoms with Gasteiger partial charge in [0.05, 0.1) is 11.0 Å². The number of aliphatic carboxylic acids is 3. The number of hydrogen-bond acceptors (Lipinski definition) is 7. The number of aromatic amines is 1. The largest absolute Gasteiger partial charge is 0.490 e. The van der Waals surface area contributed by atoms with Gasteiger partial charge in [0, 0.05) is 17.6 Å². The summed E-state index contributed by atoms with van der Waals surface area (Å²) in [4.78, 5) is 37.5. The quantitative estimate of drug-likeness (QED) is 0.146. The van der Waals surface area contributed by atoms with Crippen LogP contribution in [-0.4, -0.2) is 105 Å². The van der Waals surface area contributed by atoms with Crippen LogP contribution in [0.2, 0.25) is 0 Å². The van der Waals surface area contributed by atoms with E-state index in [9.17, 15) is 52.7 Å². The Balaban J connectivity index is 0.000000453. The number of alkyl halides is 11. The van der Waals surface area contributed by atoms with Crippen molar-refractivity contribution in [3.63, 3.8) is 0 Å². The molecule has 2 saturated heterocycles. The molecule has 3 heterocycles. The molecule has 0 spiro atoms. The predicted molar refractivity (Wildman–Crippen MR) is 182 cm³/mol. The third-order valence-electron chi connectivity index (χ3n) is 8.70. The highest BCUT2D eigenvalue weighted by Gasteiger charge is 2.40. The van der Waals surface area contributed by atoms with Gasteiger partial charge in [-0.2, -0.15) is 48.3 Å². The summed E-state index contributed by atoms with van der Waals surface area (Å²) in [6, 6.07) is 9.66. The number of benzene rings is 2. The molecule has 2 fully saturated rings. The number of aromatic nitrogens is 2. The number of nitrogens with zero attached hydrogens (tertiary/aromatic N) is 2. The number of piperidine rings is 2. The Hall–Kier alpha value is -4.80. The number of carboxylic acid groups (broad SMARTS) is 3. The second kappa shape index (κ2) is 20.8. The number of halogens is 12. The molecule has 2 aliphatic heterocycles. The summed E-state index contributed by atoms with van der Waals surface area (Å²) in [6.45, 7) is 6.99. The van der Waals surface area contributed by atoms with Crippen LogP contribution < -0.4 is 10.1 Å². The topological polar surface area (TPSA) is 165 Å². The van der Waals surface area contributed by atoms with Crippen molar-refractivity contribution in [3.05, 3.63) is 47.3 Å². The number of fused-ring (bicyclic) bond motifs is 1. The molecule has 1 unspecified atom stereocenters. The Morgan fingerprint density at radius 3 is 1.83 bits per heavy atom. The lowest BCUT2D eigenvalue weighted by Crippen LogP contribution is -2.51. The minimum Gasteiger partial charge on any atom is -0.475 e. The number of likely N-dealkylation sites (tertiary alicyclic amines) is 1. The minimum atomic E-state index is -5.08. The van der Waals surface area contributed by atoms with Crippen LogP contribution in [0.3, 0.4) is 0 Å². The van der Waals surface area contributed by atoms with Gasteiger partial charge in [-0.3, -0.25) is 4.90 Å². The normalized spacial score (nSPS) is 18.0. The molecule has 0 saturated carbocycles. The molecule has 2 aromatic carbocycles. The average molecular weight is 857 g/mol. The van der Waals surface area contributed by atoms with Crippen LogP contribution in [0, 0.1) is 18.7 Å². The van der Waals surface area contributed by atoms with Gasteiger partial charge in [0.2, 0.25) is 0 Å². The summed E-state index contributed by atoms with van der Waals surface area (Å²) in [5.41, 5.74) is 4.65. The first-order valence-corrected chi connectivity index (χ1v) is 17.2. The smallest absolute Gasteiger partial charge is 0.475 e. The van der Waals surface area contributed by atoms with E-state index in [1.54, 1.807) is 6.07 Å². The van der Waals surface area contributed by atoms with Gasteiger partial charge >= 0.3 is 43.0 Å². The molecule has 0 bridgehead atoms. The van der Waals surface area contributed by atoms with Crippen LogP contribution in [0.25, 0.3) is 22.4 Å². The Morgan fingerprint density at radius 1 is 0.862 bits per heavy atom. The highest BCUT2D eigenvalue weighted by molar-refractivity contribution is 5.83. The van der Waals surface area contributed by atoms with Crippen molar-refractivity contribution < 1.29 is 87.1 Å². The molecule has 326 valence electrons. The zero-order valence-electron chi connectivity index (χ0n) is 30.8. The summed E-state index contributed by atoms with van der Waals surface area (Å²) >= 11 is 0. The summed E-state index contributed by atoms with van der Waals surface area (Å²) in [5, 5.41) is 24.9. The number of rotatable bonds is 7. The standard InChI is InChI=1S/C29H37F3N4O.3C2HF3O2/c1-17(2)12-23-14-19(8-11-36(23)22-6-9-33-10-7-22)21-13-18(3)27-25(16-21)34-28(35-27)20-4-5-26(24(30)15-20)37-29(31)32;3*3-2(4,5)1(6)7/h4-5,13,15-17,19,22-23,29,33H,6-12,14H2,1-3H3,(H,34,35);3*(H,6,7)/t19?,23-;;;/m1.../s1. The maximum atomic E-state index is 14.3. The molecule has 2 atom stereocenters. The zero-order valence-corrected chi connectivity index (χ0v) is 30.8. The molecule has 0 radical (unpaired) electrons. The number of hydrogen-bond donors (Lipinski definition) is 5. The SMILES string of the molecule is Cc1cc(C2CCN(C3CCNCC3)[C@H](CC(C)C)C2)cc2[nH]c(-c3ccc(OC(F)F)c(F)c3)nc12.O=C(O)C(F)(F)F.O=C(O)C(F)(F)F.O=C(O)C(F)(F)F. The van der Waals surface area contributed by atoms with E-state index < -0.39 is 54.6 Å². The van der Waals surface area contributed by atoms with Crippen molar-refractivity contribution in [3.8, 4) is 17.1 Å². The molecule has 58 heavy (non-hydrogen) atoms. The van der Waals surface area contributed by atoms with Gasteiger partial charge in [-0.15, -0.1) is 0 Å². The second-order valence-electron chi connectivity index (χ2n) is 13.5. The zero-order chi connectivity index (χ0) is 44.3. The van der Waals surface area contributed by atoms with Crippen molar-refractivity contribution in [1.82, 2.24) is 20.2 Å². The van der Waals surface area contributed by atoms with Crippen molar-refractivity contribution in [2.75, 3.05) is 19.6 Å². The van der Waals surface area contributed by atoms with Crippen LogP contribution in [0.5, 0.6) is 5.75 Å². The fourth-order valence-electron chi connectivity index (χ4n) is 6.30. The van der Waals surface area contributed by atoms with Crippen LogP contribution in [0.1, 0.15) is 63.0 Å². The van der Waals surface area contributed by atoms with E-state index in [4.69, 9.17) is 34.7 Å². The third kappa shape index (κ3) is 15.5. The molecule has 3 aromatic rings. The summed E-state index contributed by atoms with van der Waals surface area (Å²) in [5.74, 6) is -7.93. The van der Waals surface area contributed by atoms with Crippen LogP contribution >= 0.6 is 0 Å². The minimum absolute atomic E-state index is 0.472. The van der Waals surface area contributed by atoms with Gasteiger partial charge in [0.1, 0.15) is 5.82 Å². The Labute approximate surface area is 322 Å². The number of nitrogens with one attached hydrogen (secondary N) is 2. The van der Waals surface area contributed by atoms with E-state index in [0.717, 1.165) is 49.1 Å². The van der Waals surface area contributed by atoms with E-state index >= 15 is 0 Å². The second-order valence-corrected chi connectivity index (χ2v) is 13.5. The van der Waals surface area contributed by atoms with E-state index in [0.29, 0.717) is 35.3 Å². The van der Waals surface area contributed by atoms with Gasteiger partial charge in [0.25, 0.3) is 0 Å². The Kier molecular flexibility index (Phi) is 17.7. The molecule has 23 heteroatoms. The fourth-order valence-corrected chi connectivity index (χ4v) is 6.30. The van der Waals surface area contributed by atoms with Crippen molar-refractivity contribution in [1.29, 1.82) is 0 Å². The Bertz CT molecular complexity index is 1770. The van der Waals surface area contributed by atoms with Gasteiger partial charge < -0.3 is 30.4 Å². The summed E-state index contributed by atoms with van der Waals surface area (Å²) < 4.78 is 139. The molecular formula is C35H40F12N4O7. The number of ether oxygens (including phenoxy) is 1. The fraction of sp³-hybridized carbons (Fsp3) is 0.543. The Morgan fingerprint density at radius 2 is 1.38 bits per heavy atom. The molecule has 2 aliphatic rings. The molecule has 0 amide bonds. The molecule has 1 aromatic heterocycles. The van der Waals surface area contributed by atoms with Crippen LogP contribution in [0.4, 0.5) is 52.7 Å². The number of carboxylic acids is 3. The van der Waals surface area contributed by atoms with Gasteiger partial charge in [-0.25, -0.2) is 23.8 Å². The third-order valence-corrected chi connectivity index (χ3v) is 8.70. The lowest BCUT2D eigenvalue weighted by atomic mass is 9.80.